The van der Waals surface area contributed by atoms with Gasteiger partial charge in [-0.25, -0.2) is 0 Å². The molecule has 0 N–H and O–H groups in total. The number of ether oxygens (including phenoxy) is 1. The van der Waals surface area contributed by atoms with Gasteiger partial charge in [0.15, 0.2) is 0 Å². The average molecular weight is 278 g/mol. The summed E-state index contributed by atoms with van der Waals surface area (Å²) in [5.41, 5.74) is 0.598. The van der Waals surface area contributed by atoms with Crippen molar-refractivity contribution in [3.8, 4) is 0 Å². The molecule has 0 bridgehead atoms. The van der Waals surface area contributed by atoms with E-state index in [1.54, 1.807) is 29.4 Å². The Hall–Kier alpha value is -1.91. The molecule has 0 saturated carbocycles. The second kappa shape index (κ2) is 9.07. The molecule has 0 aliphatic rings. The lowest BCUT2D eigenvalue weighted by Crippen LogP contribution is -2.34. The molecule has 1 aromatic rings. The maximum atomic E-state index is 12.4. The van der Waals surface area contributed by atoms with Crippen LogP contribution in [0.1, 0.15) is 43.0 Å². The Morgan fingerprint density at radius 1 is 1.20 bits per heavy atom. The van der Waals surface area contributed by atoms with E-state index in [2.05, 4.69) is 16.6 Å². The molecule has 0 aliphatic carbocycles. The highest BCUT2D eigenvalue weighted by molar-refractivity contribution is 5.94. The number of esters is 1. The fourth-order valence-electron chi connectivity index (χ4n) is 1.87. The first-order chi connectivity index (χ1) is 9.69. The number of carbonyl (C=O) groups excluding carboxylic acids is 2. The highest BCUT2D eigenvalue weighted by Gasteiger charge is 2.16. The van der Waals surface area contributed by atoms with Gasteiger partial charge < -0.3 is 9.64 Å². The largest absolute Gasteiger partial charge is 0.469 e. The van der Waals surface area contributed by atoms with Gasteiger partial charge in [0.2, 0.25) is 0 Å². The number of pyridine rings is 1. The zero-order chi connectivity index (χ0) is 14.8. The molecule has 110 valence electrons. The topological polar surface area (TPSA) is 59.5 Å². The van der Waals surface area contributed by atoms with Crippen molar-refractivity contribution in [2.75, 3.05) is 20.2 Å². The Balaban J connectivity index is 2.65. The molecule has 0 spiro atoms. The van der Waals surface area contributed by atoms with E-state index < -0.39 is 0 Å². The minimum atomic E-state index is -0.298. The standard InChI is InChI=1S/C15H22N2O3/c1-3-4-5-11-17(12-8-14(18)20-2)15(19)13-6-9-16-10-7-13/h6-7,9-10H,3-5,8,11-12H2,1-2H3. The molecule has 1 rings (SSSR count). The van der Waals surface area contributed by atoms with Crippen molar-refractivity contribution in [3.63, 3.8) is 0 Å². The van der Waals surface area contributed by atoms with Gasteiger partial charge in [-0.15, -0.1) is 0 Å². The average Bonchev–Trinajstić information content (AvgIpc) is 2.50. The molecule has 0 saturated heterocycles. The predicted octanol–water partition coefficient (Wildman–Crippen LogP) is 2.28. The van der Waals surface area contributed by atoms with Crippen molar-refractivity contribution >= 4 is 11.9 Å². The number of aromatic nitrogens is 1. The van der Waals surface area contributed by atoms with Gasteiger partial charge in [-0.05, 0) is 18.6 Å². The van der Waals surface area contributed by atoms with Crippen LogP contribution in [-0.2, 0) is 9.53 Å². The summed E-state index contributed by atoms with van der Waals surface area (Å²) in [4.78, 5) is 29.2. The van der Waals surface area contributed by atoms with Crippen LogP contribution < -0.4 is 0 Å². The van der Waals surface area contributed by atoms with Crippen LogP contribution >= 0.6 is 0 Å². The summed E-state index contributed by atoms with van der Waals surface area (Å²) in [6.45, 7) is 3.16. The van der Waals surface area contributed by atoms with Crippen LogP contribution in [0, 0.1) is 0 Å². The van der Waals surface area contributed by atoms with E-state index in [4.69, 9.17) is 0 Å². The fourth-order valence-corrected chi connectivity index (χ4v) is 1.87. The maximum absolute atomic E-state index is 12.4. The van der Waals surface area contributed by atoms with E-state index >= 15 is 0 Å². The molecule has 5 nitrogen and oxygen atoms in total. The van der Waals surface area contributed by atoms with E-state index in [0.29, 0.717) is 18.7 Å². The van der Waals surface area contributed by atoms with E-state index in [0.717, 1.165) is 19.3 Å². The number of hydrogen-bond acceptors (Lipinski definition) is 4. The molecule has 0 aliphatic heterocycles. The van der Waals surface area contributed by atoms with Crippen LogP contribution in [0.15, 0.2) is 24.5 Å². The highest BCUT2D eigenvalue weighted by Crippen LogP contribution is 2.07. The number of methoxy groups -OCH3 is 1. The molecule has 0 atom stereocenters. The molecule has 20 heavy (non-hydrogen) atoms. The van der Waals surface area contributed by atoms with E-state index in [9.17, 15) is 9.59 Å². The zero-order valence-corrected chi connectivity index (χ0v) is 12.2. The second-order valence-corrected chi connectivity index (χ2v) is 4.56. The SMILES string of the molecule is CCCCCN(CCC(=O)OC)C(=O)c1ccncc1. The third kappa shape index (κ3) is 5.38. The predicted molar refractivity (Wildman–Crippen MR) is 76.3 cm³/mol. The van der Waals surface area contributed by atoms with Crippen molar-refractivity contribution in [2.45, 2.75) is 32.6 Å². The normalized spacial score (nSPS) is 10.1. The second-order valence-electron chi connectivity index (χ2n) is 4.56. The van der Waals surface area contributed by atoms with Crippen molar-refractivity contribution in [2.24, 2.45) is 0 Å². The van der Waals surface area contributed by atoms with Crippen LogP contribution in [0.3, 0.4) is 0 Å². The number of nitrogens with zero attached hydrogens (tertiary/aromatic N) is 2. The van der Waals surface area contributed by atoms with Gasteiger partial charge in [0.1, 0.15) is 0 Å². The van der Waals surface area contributed by atoms with Crippen LogP contribution in [-0.4, -0.2) is 42.0 Å². The van der Waals surface area contributed by atoms with Gasteiger partial charge in [0.25, 0.3) is 5.91 Å². The fraction of sp³-hybridized carbons (Fsp3) is 0.533. The Labute approximate surface area is 119 Å². The Bertz CT molecular complexity index is 420. The van der Waals surface area contributed by atoms with Crippen molar-refractivity contribution in [1.29, 1.82) is 0 Å². The molecule has 0 unspecified atom stereocenters. The maximum Gasteiger partial charge on any atom is 0.307 e. The summed E-state index contributed by atoms with van der Waals surface area (Å²) in [5, 5.41) is 0. The lowest BCUT2D eigenvalue weighted by Gasteiger charge is -2.22. The van der Waals surface area contributed by atoms with Gasteiger partial charge in [0, 0.05) is 31.0 Å². The lowest BCUT2D eigenvalue weighted by atomic mass is 10.2. The number of amides is 1. The van der Waals surface area contributed by atoms with Gasteiger partial charge in [-0.2, -0.15) is 0 Å². The van der Waals surface area contributed by atoms with E-state index in [-0.39, 0.29) is 18.3 Å². The molecule has 0 aromatic carbocycles. The molecule has 1 heterocycles. The first kappa shape index (κ1) is 16.1. The van der Waals surface area contributed by atoms with Crippen molar-refractivity contribution in [1.82, 2.24) is 9.88 Å². The molecule has 0 radical (unpaired) electrons. The quantitative estimate of drug-likeness (QED) is 0.540. The minimum absolute atomic E-state index is 0.0626. The lowest BCUT2D eigenvalue weighted by molar-refractivity contribution is -0.140. The minimum Gasteiger partial charge on any atom is -0.469 e. The number of unbranched alkanes of at least 4 members (excludes halogenated alkanes) is 2. The first-order valence-electron chi connectivity index (χ1n) is 6.95. The van der Waals surface area contributed by atoms with Gasteiger partial charge in [-0.1, -0.05) is 19.8 Å². The zero-order valence-electron chi connectivity index (χ0n) is 12.2. The molecular formula is C15H22N2O3. The smallest absolute Gasteiger partial charge is 0.307 e. The number of carbonyl (C=O) groups is 2. The Morgan fingerprint density at radius 2 is 1.90 bits per heavy atom. The van der Waals surface area contributed by atoms with Crippen molar-refractivity contribution < 1.29 is 14.3 Å². The monoisotopic (exact) mass is 278 g/mol. The molecule has 0 fully saturated rings. The Morgan fingerprint density at radius 3 is 2.50 bits per heavy atom. The summed E-state index contributed by atoms with van der Waals surface area (Å²) in [6.07, 6.45) is 6.51. The van der Waals surface area contributed by atoms with Crippen molar-refractivity contribution in [3.05, 3.63) is 30.1 Å². The Kier molecular flexibility index (Phi) is 7.32. The van der Waals surface area contributed by atoms with Gasteiger partial charge >= 0.3 is 5.97 Å². The molecule has 1 amide bonds. The summed E-state index contributed by atoms with van der Waals surface area (Å²) in [7, 11) is 1.36. The summed E-state index contributed by atoms with van der Waals surface area (Å²) >= 11 is 0. The summed E-state index contributed by atoms with van der Waals surface area (Å²) < 4.78 is 4.62. The van der Waals surface area contributed by atoms with E-state index in [1.807, 2.05) is 0 Å². The van der Waals surface area contributed by atoms with Crippen LogP contribution in [0.2, 0.25) is 0 Å². The third-order valence-electron chi connectivity index (χ3n) is 3.06. The van der Waals surface area contributed by atoms with E-state index in [1.165, 1.54) is 7.11 Å². The van der Waals surface area contributed by atoms with Gasteiger partial charge in [0.05, 0.1) is 13.5 Å². The van der Waals surface area contributed by atoms with Crippen LogP contribution in [0.5, 0.6) is 0 Å². The number of hydrogen-bond donors (Lipinski definition) is 0. The number of rotatable bonds is 8. The van der Waals surface area contributed by atoms with Crippen LogP contribution in [0.4, 0.5) is 0 Å². The summed E-state index contributed by atoms with van der Waals surface area (Å²) in [5.74, 6) is -0.361. The third-order valence-corrected chi connectivity index (χ3v) is 3.06. The first-order valence-corrected chi connectivity index (χ1v) is 6.95. The molecule has 1 aromatic heterocycles. The van der Waals surface area contributed by atoms with Crippen LogP contribution in [0.25, 0.3) is 0 Å². The summed E-state index contributed by atoms with van der Waals surface area (Å²) in [6, 6.07) is 3.38. The van der Waals surface area contributed by atoms with Gasteiger partial charge in [-0.3, -0.25) is 14.6 Å². The highest BCUT2D eigenvalue weighted by atomic mass is 16.5. The molecule has 5 heteroatoms. The molecular weight excluding hydrogens is 256 g/mol.